The van der Waals surface area contributed by atoms with Crippen molar-refractivity contribution in [3.63, 3.8) is 0 Å². The topological polar surface area (TPSA) is 75.4 Å². The van der Waals surface area contributed by atoms with Crippen molar-refractivity contribution in [1.82, 2.24) is 19.8 Å². The van der Waals surface area contributed by atoms with Gasteiger partial charge in [-0.05, 0) is 36.0 Å². The van der Waals surface area contributed by atoms with Crippen LogP contribution in [0.3, 0.4) is 0 Å². The van der Waals surface area contributed by atoms with Crippen LogP contribution in [0.1, 0.15) is 22.0 Å². The van der Waals surface area contributed by atoms with Crippen molar-refractivity contribution in [2.75, 3.05) is 39.0 Å². The summed E-state index contributed by atoms with van der Waals surface area (Å²) in [4.78, 5) is 25.9. The van der Waals surface area contributed by atoms with Crippen molar-refractivity contribution in [3.05, 3.63) is 53.2 Å². The summed E-state index contributed by atoms with van der Waals surface area (Å²) in [5, 5.41) is 3.18. The van der Waals surface area contributed by atoms with Gasteiger partial charge in [-0.3, -0.25) is 4.79 Å². The van der Waals surface area contributed by atoms with E-state index in [9.17, 15) is 4.79 Å². The number of likely N-dealkylation sites (tertiary alicyclic amines) is 2. The van der Waals surface area contributed by atoms with Crippen LogP contribution in [-0.4, -0.2) is 58.9 Å². The summed E-state index contributed by atoms with van der Waals surface area (Å²) >= 11 is 1.63. The molecule has 2 fully saturated rings. The first-order valence-electron chi connectivity index (χ1n) is 9.08. The van der Waals surface area contributed by atoms with E-state index in [0.717, 1.165) is 47.5 Å². The Kier molecular flexibility index (Phi) is 3.70. The Morgan fingerprint density at radius 3 is 2.93 bits per heavy atom. The third-order valence-corrected chi connectivity index (χ3v) is 6.84. The van der Waals surface area contributed by atoms with E-state index < -0.39 is 0 Å². The zero-order chi connectivity index (χ0) is 18.6. The Hall–Kier alpha value is -2.51. The summed E-state index contributed by atoms with van der Waals surface area (Å²) in [6.07, 6.45) is 1.72. The molecule has 2 aliphatic heterocycles. The molecule has 2 N–H and O–H groups in total. The average molecular weight is 379 g/mol. The molecular weight excluding hydrogens is 358 g/mol. The van der Waals surface area contributed by atoms with Gasteiger partial charge in [0, 0.05) is 48.4 Å². The second-order valence-electron chi connectivity index (χ2n) is 7.76. The molecule has 1 amide bonds. The molecule has 2 saturated heterocycles. The molecule has 0 bridgehead atoms. The molecule has 1 atom stereocenters. The first kappa shape index (κ1) is 16.6. The second kappa shape index (κ2) is 6.00. The highest BCUT2D eigenvalue weighted by atomic mass is 32.1. The van der Waals surface area contributed by atoms with Gasteiger partial charge in [0.05, 0.1) is 11.3 Å². The standard InChI is InChI=1S/C20H21N5OS/c1-24-9-15(16-5-7-22-19(21)23-16)20(10-24)11-25(12-20)18(26)14-4-2-3-13-6-8-27-17(13)14/h2-8,15H,9-12H2,1H3,(H2,21,22,23). The van der Waals surface area contributed by atoms with Crippen molar-refractivity contribution in [1.29, 1.82) is 0 Å². The van der Waals surface area contributed by atoms with Crippen LogP contribution < -0.4 is 5.73 Å². The Labute approximate surface area is 161 Å². The summed E-state index contributed by atoms with van der Waals surface area (Å²) in [7, 11) is 2.13. The van der Waals surface area contributed by atoms with Crippen LogP contribution in [0.25, 0.3) is 10.1 Å². The number of carbonyl (C=O) groups is 1. The van der Waals surface area contributed by atoms with Gasteiger partial charge in [-0.25, -0.2) is 9.97 Å². The number of nitrogens with zero attached hydrogens (tertiary/aromatic N) is 4. The lowest BCUT2D eigenvalue weighted by Crippen LogP contribution is -2.61. The maximum Gasteiger partial charge on any atom is 0.255 e. The van der Waals surface area contributed by atoms with Crippen LogP contribution in [0.4, 0.5) is 5.95 Å². The number of amides is 1. The summed E-state index contributed by atoms with van der Waals surface area (Å²) in [5.74, 6) is 0.715. The van der Waals surface area contributed by atoms with Crippen molar-refractivity contribution in [2.45, 2.75) is 5.92 Å². The number of nitrogen functional groups attached to an aromatic ring is 1. The molecule has 4 heterocycles. The molecule has 6 nitrogen and oxygen atoms in total. The number of likely N-dealkylation sites (N-methyl/N-ethyl adjacent to an activating group) is 1. The predicted molar refractivity (Wildman–Crippen MR) is 107 cm³/mol. The molecule has 0 saturated carbocycles. The van der Waals surface area contributed by atoms with E-state index in [1.54, 1.807) is 17.5 Å². The predicted octanol–water partition coefficient (Wildman–Crippen LogP) is 2.44. The molecule has 1 spiro atoms. The lowest BCUT2D eigenvalue weighted by Gasteiger charge is -2.51. The first-order valence-corrected chi connectivity index (χ1v) is 9.96. The van der Waals surface area contributed by atoms with Gasteiger partial charge >= 0.3 is 0 Å². The smallest absolute Gasteiger partial charge is 0.255 e. The fourth-order valence-electron chi connectivity index (χ4n) is 4.72. The van der Waals surface area contributed by atoms with Crippen molar-refractivity contribution < 1.29 is 4.79 Å². The molecule has 3 aromatic rings. The van der Waals surface area contributed by atoms with Gasteiger partial charge in [0.15, 0.2) is 0 Å². The molecule has 0 radical (unpaired) electrons. The highest BCUT2D eigenvalue weighted by Crippen LogP contribution is 2.48. The number of aromatic nitrogens is 2. The molecule has 1 aromatic carbocycles. The summed E-state index contributed by atoms with van der Waals surface area (Å²) in [6.45, 7) is 3.41. The molecule has 0 aliphatic carbocycles. The maximum atomic E-state index is 13.1. The van der Waals surface area contributed by atoms with Crippen LogP contribution >= 0.6 is 11.3 Å². The highest BCUT2D eigenvalue weighted by molar-refractivity contribution is 7.17. The van der Waals surface area contributed by atoms with Crippen LogP contribution in [0.2, 0.25) is 0 Å². The molecule has 7 heteroatoms. The number of rotatable bonds is 2. The number of thiophene rings is 1. The lowest BCUT2D eigenvalue weighted by molar-refractivity contribution is 0.00372. The van der Waals surface area contributed by atoms with Crippen LogP contribution in [0.15, 0.2) is 41.9 Å². The SMILES string of the molecule is CN1CC(c2ccnc(N)n2)C2(C1)CN(C(=O)c1cccc3ccsc13)C2. The van der Waals surface area contributed by atoms with E-state index in [1.807, 2.05) is 28.5 Å². The van der Waals surface area contributed by atoms with Crippen molar-refractivity contribution in [3.8, 4) is 0 Å². The summed E-state index contributed by atoms with van der Waals surface area (Å²) < 4.78 is 1.08. The molecule has 5 rings (SSSR count). The Balaban J connectivity index is 1.41. The fraction of sp³-hybridized carbons (Fsp3) is 0.350. The Morgan fingerprint density at radius 1 is 1.26 bits per heavy atom. The molecule has 27 heavy (non-hydrogen) atoms. The average Bonchev–Trinajstić information content (AvgIpc) is 3.23. The zero-order valence-electron chi connectivity index (χ0n) is 15.1. The maximum absolute atomic E-state index is 13.1. The third-order valence-electron chi connectivity index (χ3n) is 5.88. The third kappa shape index (κ3) is 2.61. The molecule has 138 valence electrons. The second-order valence-corrected chi connectivity index (χ2v) is 8.67. The van der Waals surface area contributed by atoms with Gasteiger partial charge in [0.1, 0.15) is 0 Å². The first-order chi connectivity index (χ1) is 13.1. The number of nitrogens with two attached hydrogens (primary N) is 1. The van der Waals surface area contributed by atoms with Gasteiger partial charge in [0.2, 0.25) is 5.95 Å². The number of carbonyl (C=O) groups excluding carboxylic acids is 1. The van der Waals surface area contributed by atoms with E-state index in [1.165, 1.54) is 0 Å². The number of fused-ring (bicyclic) bond motifs is 1. The highest BCUT2D eigenvalue weighted by Gasteiger charge is 2.55. The van der Waals surface area contributed by atoms with Gasteiger partial charge in [0.25, 0.3) is 5.91 Å². The van der Waals surface area contributed by atoms with E-state index in [4.69, 9.17) is 5.73 Å². The molecule has 1 unspecified atom stereocenters. The largest absolute Gasteiger partial charge is 0.368 e. The van der Waals surface area contributed by atoms with Gasteiger partial charge in [-0.2, -0.15) is 0 Å². The monoisotopic (exact) mass is 379 g/mol. The molecule has 2 aliphatic rings. The van der Waals surface area contributed by atoms with Gasteiger partial charge < -0.3 is 15.5 Å². The minimum Gasteiger partial charge on any atom is -0.368 e. The number of anilines is 1. The van der Waals surface area contributed by atoms with E-state index in [2.05, 4.69) is 34.0 Å². The van der Waals surface area contributed by atoms with Crippen LogP contribution in [0, 0.1) is 5.41 Å². The molecular formula is C20H21N5OS. The fourth-order valence-corrected chi connectivity index (χ4v) is 5.62. The Bertz CT molecular complexity index is 1030. The number of hydrogen-bond donors (Lipinski definition) is 1. The normalized spacial score (nSPS) is 21.7. The van der Waals surface area contributed by atoms with Crippen molar-refractivity contribution >= 4 is 33.3 Å². The number of hydrogen-bond acceptors (Lipinski definition) is 6. The molecule has 2 aromatic heterocycles. The van der Waals surface area contributed by atoms with E-state index in [0.29, 0.717) is 5.95 Å². The van der Waals surface area contributed by atoms with Gasteiger partial charge in [-0.15, -0.1) is 11.3 Å². The summed E-state index contributed by atoms with van der Waals surface area (Å²) in [6, 6.07) is 9.99. The number of benzene rings is 1. The van der Waals surface area contributed by atoms with E-state index in [-0.39, 0.29) is 17.2 Å². The van der Waals surface area contributed by atoms with Crippen LogP contribution in [-0.2, 0) is 0 Å². The van der Waals surface area contributed by atoms with Gasteiger partial charge in [-0.1, -0.05) is 12.1 Å². The zero-order valence-corrected chi connectivity index (χ0v) is 15.9. The Morgan fingerprint density at radius 2 is 2.11 bits per heavy atom. The van der Waals surface area contributed by atoms with E-state index >= 15 is 0 Å². The quantitative estimate of drug-likeness (QED) is 0.740. The summed E-state index contributed by atoms with van der Waals surface area (Å²) in [5.41, 5.74) is 7.65. The van der Waals surface area contributed by atoms with Crippen LogP contribution in [0.5, 0.6) is 0 Å². The van der Waals surface area contributed by atoms with Crippen molar-refractivity contribution in [2.24, 2.45) is 5.41 Å². The minimum absolute atomic E-state index is 0.0501. The minimum atomic E-state index is 0.0501. The lowest BCUT2D eigenvalue weighted by atomic mass is 9.70.